The third-order valence-electron chi connectivity index (χ3n) is 4.76. The smallest absolute Gasteiger partial charge is 0.138 e. The fourth-order valence-electron chi connectivity index (χ4n) is 3.44. The first kappa shape index (κ1) is 14.5. The first-order valence-electron chi connectivity index (χ1n) is 7.99. The monoisotopic (exact) mass is 324 g/mol. The fraction of sp³-hybridized carbons (Fsp3) is 0.333. The molecular weight excluding hydrogens is 304 g/mol. The summed E-state index contributed by atoms with van der Waals surface area (Å²) in [5, 5.41) is 4.83. The van der Waals surface area contributed by atoms with Crippen molar-refractivity contribution >= 4 is 33.1 Å². The Kier molecular flexibility index (Phi) is 3.45. The lowest BCUT2D eigenvalue weighted by Gasteiger charge is -2.27. The van der Waals surface area contributed by atoms with Crippen LogP contribution in [0.2, 0.25) is 0 Å². The molecule has 1 aromatic carbocycles. The Balaban J connectivity index is 1.75. The number of nitrogens with one attached hydrogen (secondary N) is 1. The lowest BCUT2D eigenvalue weighted by Crippen LogP contribution is -2.18. The molecule has 0 saturated heterocycles. The predicted octanol–water partition coefficient (Wildman–Crippen LogP) is 4.38. The fourth-order valence-corrected chi connectivity index (χ4v) is 4.44. The molecule has 5 heteroatoms. The second kappa shape index (κ2) is 5.49. The molecule has 0 saturated carbocycles. The van der Waals surface area contributed by atoms with Gasteiger partial charge in [0.15, 0.2) is 0 Å². The molecular formula is C18H20N4S. The van der Waals surface area contributed by atoms with Gasteiger partial charge in [0.25, 0.3) is 0 Å². The van der Waals surface area contributed by atoms with Crippen molar-refractivity contribution in [3.8, 4) is 0 Å². The van der Waals surface area contributed by atoms with Gasteiger partial charge in [0.2, 0.25) is 0 Å². The number of aryl methyl sites for hydroxylation is 3. The van der Waals surface area contributed by atoms with Gasteiger partial charge in [0.1, 0.15) is 17.0 Å². The summed E-state index contributed by atoms with van der Waals surface area (Å²) in [6.07, 6.45) is 5.05. The molecule has 0 bridgehead atoms. The lowest BCUT2D eigenvalue weighted by atomic mass is 9.87. The maximum absolute atomic E-state index is 5.94. The Hall–Kier alpha value is -2.14. The molecule has 3 N–H and O–H groups in total. The maximum atomic E-state index is 5.94. The Labute approximate surface area is 139 Å². The van der Waals surface area contributed by atoms with Crippen LogP contribution in [0, 0.1) is 13.8 Å². The van der Waals surface area contributed by atoms with Crippen LogP contribution in [0.3, 0.4) is 0 Å². The van der Waals surface area contributed by atoms with Crippen molar-refractivity contribution in [2.24, 2.45) is 0 Å². The van der Waals surface area contributed by atoms with E-state index in [9.17, 15) is 0 Å². The number of hydrogen-bond donors (Lipinski definition) is 2. The highest BCUT2D eigenvalue weighted by atomic mass is 32.1. The molecule has 1 atom stereocenters. The van der Waals surface area contributed by atoms with Crippen LogP contribution in [-0.2, 0) is 6.42 Å². The normalized spacial score (nSPS) is 17.2. The van der Waals surface area contributed by atoms with Gasteiger partial charge in [-0.15, -0.1) is 11.3 Å². The molecule has 118 valence electrons. The quantitative estimate of drug-likeness (QED) is 0.687. The number of hydrogen-bond acceptors (Lipinski definition) is 5. The van der Waals surface area contributed by atoms with E-state index in [1.165, 1.54) is 28.0 Å². The van der Waals surface area contributed by atoms with Crippen molar-refractivity contribution < 1.29 is 0 Å². The molecule has 0 aliphatic heterocycles. The van der Waals surface area contributed by atoms with Crippen molar-refractivity contribution in [2.45, 2.75) is 39.2 Å². The zero-order chi connectivity index (χ0) is 16.0. The molecule has 3 aromatic rings. The number of nitrogens with two attached hydrogens (primary N) is 1. The van der Waals surface area contributed by atoms with Crippen LogP contribution in [-0.4, -0.2) is 9.97 Å². The van der Waals surface area contributed by atoms with E-state index < -0.39 is 0 Å². The van der Waals surface area contributed by atoms with E-state index in [1.807, 2.05) is 6.07 Å². The van der Waals surface area contributed by atoms with Gasteiger partial charge in [-0.1, -0.05) is 6.07 Å². The highest BCUT2D eigenvalue weighted by molar-refractivity contribution is 7.18. The number of aromatic nitrogens is 2. The van der Waals surface area contributed by atoms with Crippen LogP contribution in [0.25, 0.3) is 10.2 Å². The van der Waals surface area contributed by atoms with E-state index in [0.717, 1.165) is 34.6 Å². The van der Waals surface area contributed by atoms with E-state index in [1.54, 1.807) is 17.7 Å². The van der Waals surface area contributed by atoms with E-state index >= 15 is 0 Å². The van der Waals surface area contributed by atoms with E-state index in [2.05, 4.69) is 41.3 Å². The van der Waals surface area contributed by atoms with Gasteiger partial charge in [-0.3, -0.25) is 0 Å². The molecule has 1 aliphatic rings. The summed E-state index contributed by atoms with van der Waals surface area (Å²) in [5.41, 5.74) is 10.8. The van der Waals surface area contributed by atoms with Gasteiger partial charge in [-0.25, -0.2) is 9.97 Å². The van der Waals surface area contributed by atoms with Crippen LogP contribution in [0.4, 0.5) is 11.5 Å². The highest BCUT2D eigenvalue weighted by Gasteiger charge is 2.22. The molecule has 0 fully saturated rings. The Morgan fingerprint density at radius 1 is 1.26 bits per heavy atom. The minimum absolute atomic E-state index is 0.289. The first-order chi connectivity index (χ1) is 11.1. The Morgan fingerprint density at radius 2 is 2.13 bits per heavy atom. The average Bonchev–Trinajstić information content (AvgIpc) is 2.83. The van der Waals surface area contributed by atoms with Gasteiger partial charge in [0.05, 0.1) is 11.4 Å². The number of nitrogens with zero attached hydrogens (tertiary/aromatic N) is 2. The molecule has 4 rings (SSSR count). The van der Waals surface area contributed by atoms with Crippen LogP contribution in [0.5, 0.6) is 0 Å². The summed E-state index contributed by atoms with van der Waals surface area (Å²) < 4.78 is 0. The molecule has 0 radical (unpaired) electrons. The van der Waals surface area contributed by atoms with Gasteiger partial charge >= 0.3 is 0 Å². The van der Waals surface area contributed by atoms with Crippen LogP contribution in [0.15, 0.2) is 24.5 Å². The van der Waals surface area contributed by atoms with Crippen molar-refractivity contribution in [1.29, 1.82) is 0 Å². The molecule has 0 spiro atoms. The summed E-state index contributed by atoms with van der Waals surface area (Å²) in [4.78, 5) is 11.3. The van der Waals surface area contributed by atoms with Crippen molar-refractivity contribution in [1.82, 2.24) is 9.97 Å². The third-order valence-corrected chi connectivity index (χ3v) is 5.87. The minimum Gasteiger partial charge on any atom is -0.399 e. The second-order valence-electron chi connectivity index (χ2n) is 6.23. The van der Waals surface area contributed by atoms with Crippen molar-refractivity contribution in [3.05, 3.63) is 46.1 Å². The standard InChI is InChI=1S/C18H20N4S/c1-10-11(2)23-18-16(10)17(20-9-21-18)22-15-5-3-4-12-8-13(19)6-7-14(12)15/h6-9,15H,3-5,19H2,1-2H3,(H,20,21,22). The van der Waals surface area contributed by atoms with Crippen molar-refractivity contribution in [3.63, 3.8) is 0 Å². The summed E-state index contributed by atoms with van der Waals surface area (Å²) in [6.45, 7) is 4.29. The molecule has 23 heavy (non-hydrogen) atoms. The largest absolute Gasteiger partial charge is 0.399 e. The van der Waals surface area contributed by atoms with E-state index in [-0.39, 0.29) is 6.04 Å². The molecule has 4 nitrogen and oxygen atoms in total. The number of benzene rings is 1. The average molecular weight is 324 g/mol. The number of fused-ring (bicyclic) bond motifs is 2. The van der Waals surface area contributed by atoms with Gasteiger partial charge in [-0.05, 0) is 61.9 Å². The highest BCUT2D eigenvalue weighted by Crippen LogP contribution is 2.37. The van der Waals surface area contributed by atoms with Gasteiger partial charge < -0.3 is 11.1 Å². The molecule has 2 aromatic heterocycles. The lowest BCUT2D eigenvalue weighted by molar-refractivity contribution is 0.599. The Morgan fingerprint density at radius 3 is 3.00 bits per heavy atom. The van der Waals surface area contributed by atoms with Gasteiger partial charge in [0, 0.05) is 10.6 Å². The van der Waals surface area contributed by atoms with Crippen molar-refractivity contribution in [2.75, 3.05) is 11.1 Å². The predicted molar refractivity (Wildman–Crippen MR) is 97.0 cm³/mol. The van der Waals surface area contributed by atoms with E-state index in [0.29, 0.717) is 0 Å². The molecule has 0 amide bonds. The summed E-state index contributed by atoms with van der Waals surface area (Å²) >= 11 is 1.73. The number of rotatable bonds is 2. The zero-order valence-electron chi connectivity index (χ0n) is 13.4. The van der Waals surface area contributed by atoms with Crippen LogP contribution < -0.4 is 11.1 Å². The minimum atomic E-state index is 0.289. The summed E-state index contributed by atoms with van der Waals surface area (Å²) in [5.74, 6) is 0.950. The van der Waals surface area contributed by atoms with Crippen LogP contribution >= 0.6 is 11.3 Å². The number of thiophene rings is 1. The van der Waals surface area contributed by atoms with E-state index in [4.69, 9.17) is 5.73 Å². The third kappa shape index (κ3) is 2.45. The summed E-state index contributed by atoms with van der Waals surface area (Å²) in [6, 6.07) is 6.55. The van der Waals surface area contributed by atoms with Crippen LogP contribution in [0.1, 0.15) is 40.5 Å². The zero-order valence-corrected chi connectivity index (χ0v) is 14.2. The van der Waals surface area contributed by atoms with Gasteiger partial charge in [-0.2, -0.15) is 0 Å². The Bertz CT molecular complexity index is 884. The molecule has 1 aliphatic carbocycles. The number of nitrogen functional groups attached to an aromatic ring is 1. The molecule has 2 heterocycles. The topological polar surface area (TPSA) is 63.8 Å². The molecule has 1 unspecified atom stereocenters. The second-order valence-corrected chi connectivity index (χ2v) is 7.44. The SMILES string of the molecule is Cc1sc2ncnc(NC3CCCc4cc(N)ccc43)c2c1C. The maximum Gasteiger partial charge on any atom is 0.138 e. The number of anilines is 2. The first-order valence-corrected chi connectivity index (χ1v) is 8.80. The summed E-state index contributed by atoms with van der Waals surface area (Å²) in [7, 11) is 0.